The largest absolute Gasteiger partial charge is 0.496 e. The number of likely N-dealkylation sites (tertiary alicyclic amines) is 1. The molecule has 3 aromatic rings. The van der Waals surface area contributed by atoms with E-state index in [2.05, 4.69) is 42.9 Å². The van der Waals surface area contributed by atoms with E-state index in [1.807, 2.05) is 40.9 Å². The summed E-state index contributed by atoms with van der Waals surface area (Å²) in [4.78, 5) is 6.96. The van der Waals surface area contributed by atoms with Gasteiger partial charge in [-0.15, -0.1) is 10.2 Å². The first-order chi connectivity index (χ1) is 15.3. The maximum atomic E-state index is 5.67. The van der Waals surface area contributed by atoms with Crippen LogP contribution in [-0.4, -0.2) is 59.2 Å². The van der Waals surface area contributed by atoms with E-state index in [4.69, 9.17) is 4.74 Å². The molecule has 0 aliphatic carbocycles. The number of aromatic nitrogens is 3. The van der Waals surface area contributed by atoms with E-state index in [-0.39, 0.29) is 6.04 Å². The Hall–Kier alpha value is -3.13. The summed E-state index contributed by atoms with van der Waals surface area (Å²) < 4.78 is 7.65. The van der Waals surface area contributed by atoms with Crippen LogP contribution in [0.5, 0.6) is 5.75 Å². The first kappa shape index (κ1) is 21.1. The zero-order valence-electron chi connectivity index (χ0n) is 18.3. The molecule has 0 spiro atoms. The number of piperidine rings is 1. The minimum atomic E-state index is 0.212. The zero-order chi connectivity index (χ0) is 21.5. The van der Waals surface area contributed by atoms with Crippen LogP contribution in [0, 0.1) is 0 Å². The van der Waals surface area contributed by atoms with Gasteiger partial charge in [0.05, 0.1) is 19.7 Å². The van der Waals surface area contributed by atoms with Crippen LogP contribution < -0.4 is 15.4 Å². The minimum absolute atomic E-state index is 0.212. The first-order valence-electron chi connectivity index (χ1n) is 10.9. The lowest BCUT2D eigenvalue weighted by atomic mass is 10.0. The van der Waals surface area contributed by atoms with Crippen LogP contribution in [-0.2, 0) is 6.54 Å². The van der Waals surface area contributed by atoms with Crippen LogP contribution in [0.3, 0.4) is 0 Å². The van der Waals surface area contributed by atoms with Gasteiger partial charge in [0.15, 0.2) is 17.4 Å². The van der Waals surface area contributed by atoms with Crippen molar-refractivity contribution in [2.45, 2.75) is 31.8 Å². The number of hydrogen-bond donors (Lipinski definition) is 2. The van der Waals surface area contributed by atoms with Gasteiger partial charge in [-0.3, -0.25) is 14.3 Å². The Morgan fingerprint density at radius 3 is 2.68 bits per heavy atom. The second-order valence-corrected chi connectivity index (χ2v) is 7.71. The molecule has 1 atom stereocenters. The van der Waals surface area contributed by atoms with Gasteiger partial charge in [-0.2, -0.15) is 0 Å². The minimum Gasteiger partial charge on any atom is -0.496 e. The van der Waals surface area contributed by atoms with E-state index in [9.17, 15) is 0 Å². The normalized spacial score (nSPS) is 16.3. The third-order valence-corrected chi connectivity index (χ3v) is 5.81. The van der Waals surface area contributed by atoms with Gasteiger partial charge in [0, 0.05) is 25.4 Å². The number of aliphatic imine (C=N–C) groups is 1. The number of rotatable bonds is 7. The van der Waals surface area contributed by atoms with Gasteiger partial charge >= 0.3 is 0 Å². The molecule has 1 fully saturated rings. The SMILES string of the molecule is CN=C(NCc1nnc2ccccn12)NCC(c1ccccc1OC)N1CCCCC1. The lowest BCUT2D eigenvalue weighted by Crippen LogP contribution is -2.44. The molecule has 1 aromatic carbocycles. The molecule has 2 aromatic heterocycles. The first-order valence-corrected chi connectivity index (χ1v) is 10.9. The predicted molar refractivity (Wildman–Crippen MR) is 122 cm³/mol. The molecular weight excluding hydrogens is 390 g/mol. The van der Waals surface area contributed by atoms with Gasteiger partial charge in [-0.05, 0) is 44.1 Å². The maximum Gasteiger partial charge on any atom is 0.191 e. The molecule has 1 aliphatic rings. The highest BCUT2D eigenvalue weighted by Gasteiger charge is 2.25. The van der Waals surface area contributed by atoms with E-state index >= 15 is 0 Å². The van der Waals surface area contributed by atoms with Crippen molar-refractivity contribution in [1.82, 2.24) is 30.1 Å². The Kier molecular flexibility index (Phi) is 6.99. The molecule has 0 radical (unpaired) electrons. The summed E-state index contributed by atoms with van der Waals surface area (Å²) in [7, 11) is 3.53. The number of pyridine rings is 1. The Bertz CT molecular complexity index is 1010. The summed E-state index contributed by atoms with van der Waals surface area (Å²) in [6, 6.07) is 14.4. The van der Waals surface area contributed by atoms with E-state index in [0.29, 0.717) is 6.54 Å². The standard InChI is InChI=1S/C23H31N7O/c1-24-23(26-17-22-28-27-21-12-6-9-15-30(21)22)25-16-19(29-13-7-3-8-14-29)18-10-4-5-11-20(18)31-2/h4-6,9-12,15,19H,3,7-8,13-14,16-17H2,1-2H3,(H2,24,25,26). The molecule has 1 aliphatic heterocycles. The molecule has 31 heavy (non-hydrogen) atoms. The van der Waals surface area contributed by atoms with Crippen LogP contribution in [0.25, 0.3) is 5.65 Å². The van der Waals surface area contributed by atoms with Crippen molar-refractivity contribution in [3.05, 3.63) is 60.0 Å². The summed E-state index contributed by atoms with van der Waals surface area (Å²) >= 11 is 0. The van der Waals surface area contributed by atoms with Crippen LogP contribution in [0.15, 0.2) is 53.7 Å². The Morgan fingerprint density at radius 1 is 1.06 bits per heavy atom. The third kappa shape index (κ3) is 4.96. The highest BCUT2D eigenvalue weighted by molar-refractivity contribution is 5.79. The van der Waals surface area contributed by atoms with Gasteiger partial charge < -0.3 is 15.4 Å². The van der Waals surface area contributed by atoms with Gasteiger partial charge in [0.2, 0.25) is 0 Å². The maximum absolute atomic E-state index is 5.67. The third-order valence-electron chi connectivity index (χ3n) is 5.81. The second kappa shape index (κ2) is 10.3. The monoisotopic (exact) mass is 421 g/mol. The molecule has 2 N–H and O–H groups in total. The molecule has 0 amide bonds. The Labute approximate surface area is 183 Å². The number of methoxy groups -OCH3 is 1. The zero-order valence-corrected chi connectivity index (χ0v) is 18.3. The average Bonchev–Trinajstić information content (AvgIpc) is 3.25. The lowest BCUT2D eigenvalue weighted by Gasteiger charge is -2.35. The van der Waals surface area contributed by atoms with Crippen LogP contribution in [0.4, 0.5) is 0 Å². The highest BCUT2D eigenvalue weighted by Crippen LogP contribution is 2.30. The van der Waals surface area contributed by atoms with Crippen molar-refractivity contribution in [1.29, 1.82) is 0 Å². The summed E-state index contributed by atoms with van der Waals surface area (Å²) in [5.74, 6) is 2.51. The van der Waals surface area contributed by atoms with Crippen molar-refractivity contribution in [3.63, 3.8) is 0 Å². The Morgan fingerprint density at radius 2 is 1.87 bits per heavy atom. The fourth-order valence-corrected chi connectivity index (χ4v) is 4.20. The molecule has 1 unspecified atom stereocenters. The quantitative estimate of drug-likeness (QED) is 0.451. The fraction of sp³-hybridized carbons (Fsp3) is 0.435. The van der Waals surface area contributed by atoms with Gasteiger partial charge in [0.25, 0.3) is 0 Å². The molecule has 8 heteroatoms. The van der Waals surface area contributed by atoms with Crippen LogP contribution in [0.2, 0.25) is 0 Å². The summed E-state index contributed by atoms with van der Waals surface area (Å²) in [5.41, 5.74) is 2.04. The average molecular weight is 422 g/mol. The number of para-hydroxylation sites is 1. The van der Waals surface area contributed by atoms with Gasteiger partial charge in [0.1, 0.15) is 5.75 Å². The molecule has 0 bridgehead atoms. The fourth-order valence-electron chi connectivity index (χ4n) is 4.20. The number of guanidine groups is 1. The topological polar surface area (TPSA) is 79.1 Å². The van der Waals surface area contributed by atoms with Crippen LogP contribution in [0.1, 0.15) is 36.7 Å². The van der Waals surface area contributed by atoms with Gasteiger partial charge in [-0.1, -0.05) is 30.7 Å². The number of nitrogens with zero attached hydrogens (tertiary/aromatic N) is 5. The molecular formula is C23H31N7O. The molecule has 3 heterocycles. The molecule has 1 saturated heterocycles. The predicted octanol–water partition coefficient (Wildman–Crippen LogP) is 2.63. The van der Waals surface area contributed by atoms with E-state index < -0.39 is 0 Å². The van der Waals surface area contributed by atoms with Crippen molar-refractivity contribution < 1.29 is 4.74 Å². The van der Waals surface area contributed by atoms with Crippen molar-refractivity contribution in [2.75, 3.05) is 33.8 Å². The summed E-state index contributed by atoms with van der Waals surface area (Å²) in [5, 5.41) is 15.4. The molecule has 4 rings (SSSR count). The van der Waals surface area contributed by atoms with Crippen LogP contribution >= 0.6 is 0 Å². The summed E-state index contributed by atoms with van der Waals surface area (Å²) in [6.45, 7) is 3.47. The molecule has 164 valence electrons. The second-order valence-electron chi connectivity index (χ2n) is 7.71. The highest BCUT2D eigenvalue weighted by atomic mass is 16.5. The smallest absolute Gasteiger partial charge is 0.191 e. The van der Waals surface area contributed by atoms with Gasteiger partial charge in [-0.25, -0.2) is 0 Å². The van der Waals surface area contributed by atoms with E-state index in [1.54, 1.807) is 14.2 Å². The van der Waals surface area contributed by atoms with E-state index in [0.717, 1.165) is 42.8 Å². The van der Waals surface area contributed by atoms with Crippen molar-refractivity contribution in [3.8, 4) is 5.75 Å². The number of hydrogen-bond acceptors (Lipinski definition) is 5. The summed E-state index contributed by atoms with van der Waals surface area (Å²) in [6.07, 6.45) is 5.74. The number of nitrogens with one attached hydrogen (secondary N) is 2. The number of ether oxygens (including phenoxy) is 1. The molecule has 0 saturated carbocycles. The Balaban J connectivity index is 1.44. The lowest BCUT2D eigenvalue weighted by molar-refractivity contribution is 0.161. The molecule has 8 nitrogen and oxygen atoms in total. The van der Waals surface area contributed by atoms with Crippen molar-refractivity contribution >= 4 is 11.6 Å². The van der Waals surface area contributed by atoms with E-state index in [1.165, 1.54) is 24.8 Å². The van der Waals surface area contributed by atoms with Crippen molar-refractivity contribution in [2.24, 2.45) is 4.99 Å². The number of fused-ring (bicyclic) bond motifs is 1. The number of benzene rings is 1.